The van der Waals surface area contributed by atoms with Gasteiger partial charge in [0.1, 0.15) is 0 Å². The molecule has 0 saturated carbocycles. The monoisotopic (exact) mass is 440 g/mol. The molecule has 0 spiro atoms. The first-order valence-corrected chi connectivity index (χ1v) is 9.04. The molecule has 8 heteroatoms. The number of carbonyl (C=O) groups excluding carboxylic acids is 2. The number of anilines is 1. The molecule has 1 fully saturated rings. The minimum absolute atomic E-state index is 0.0974. The standard InChI is InChI=1S/C19H16BrF3N2O2/c20-15-3-1-2-4-16(15)25-11-13(9-17(25)26)18(27)24-10-12-5-7-14(8-6-12)19(21,22)23/h1-8,13H,9-11H2,(H,24,27). The molecule has 1 aliphatic rings. The molecule has 1 atom stereocenters. The highest BCUT2D eigenvalue weighted by molar-refractivity contribution is 9.10. The number of hydrogen-bond acceptors (Lipinski definition) is 2. The molecule has 1 heterocycles. The molecule has 4 nitrogen and oxygen atoms in total. The van der Waals surface area contributed by atoms with E-state index in [1.807, 2.05) is 18.2 Å². The van der Waals surface area contributed by atoms with Crippen LogP contribution in [0.3, 0.4) is 0 Å². The zero-order chi connectivity index (χ0) is 19.6. The number of halogens is 4. The first-order chi connectivity index (χ1) is 12.8. The van der Waals surface area contributed by atoms with Gasteiger partial charge in [0.05, 0.1) is 17.2 Å². The van der Waals surface area contributed by atoms with Crippen LogP contribution in [0.25, 0.3) is 0 Å². The summed E-state index contributed by atoms with van der Waals surface area (Å²) in [5, 5.41) is 2.70. The van der Waals surface area contributed by atoms with Crippen molar-refractivity contribution in [1.29, 1.82) is 0 Å². The second-order valence-electron chi connectivity index (χ2n) is 6.27. The van der Waals surface area contributed by atoms with Gasteiger partial charge in [-0.3, -0.25) is 9.59 Å². The lowest BCUT2D eigenvalue weighted by Crippen LogP contribution is -2.32. The van der Waals surface area contributed by atoms with Gasteiger partial charge in [0, 0.05) is 24.0 Å². The van der Waals surface area contributed by atoms with Gasteiger partial charge in [-0.2, -0.15) is 13.2 Å². The number of para-hydroxylation sites is 1. The minimum atomic E-state index is -4.39. The second kappa shape index (κ2) is 7.72. The van der Waals surface area contributed by atoms with Crippen molar-refractivity contribution in [2.45, 2.75) is 19.1 Å². The van der Waals surface area contributed by atoms with Crippen molar-refractivity contribution in [2.75, 3.05) is 11.4 Å². The van der Waals surface area contributed by atoms with Crippen molar-refractivity contribution in [2.24, 2.45) is 5.92 Å². The molecule has 0 radical (unpaired) electrons. The maximum atomic E-state index is 12.6. The van der Waals surface area contributed by atoms with Crippen LogP contribution in [0, 0.1) is 5.92 Å². The van der Waals surface area contributed by atoms with E-state index >= 15 is 0 Å². The van der Waals surface area contributed by atoms with Gasteiger partial charge in [0.2, 0.25) is 11.8 Å². The van der Waals surface area contributed by atoms with Crippen LogP contribution in [0.15, 0.2) is 53.0 Å². The minimum Gasteiger partial charge on any atom is -0.352 e. The first kappa shape index (κ1) is 19.4. The van der Waals surface area contributed by atoms with E-state index in [0.717, 1.165) is 16.6 Å². The number of benzene rings is 2. The molecule has 2 aromatic carbocycles. The van der Waals surface area contributed by atoms with Gasteiger partial charge in [-0.1, -0.05) is 24.3 Å². The SMILES string of the molecule is O=C(NCc1ccc(C(F)(F)F)cc1)C1CC(=O)N(c2ccccc2Br)C1. The van der Waals surface area contributed by atoms with E-state index in [4.69, 9.17) is 0 Å². The summed E-state index contributed by atoms with van der Waals surface area (Å²) in [6.45, 7) is 0.372. The van der Waals surface area contributed by atoms with Crippen molar-refractivity contribution in [3.63, 3.8) is 0 Å². The van der Waals surface area contributed by atoms with Crippen molar-refractivity contribution >= 4 is 33.4 Å². The van der Waals surface area contributed by atoms with Crippen LogP contribution >= 0.6 is 15.9 Å². The Morgan fingerprint density at radius 3 is 2.44 bits per heavy atom. The fourth-order valence-corrected chi connectivity index (χ4v) is 3.43. The van der Waals surface area contributed by atoms with Crippen LogP contribution in [0.1, 0.15) is 17.5 Å². The smallest absolute Gasteiger partial charge is 0.352 e. The molecular weight excluding hydrogens is 425 g/mol. The molecule has 2 amide bonds. The Morgan fingerprint density at radius 2 is 1.81 bits per heavy atom. The van der Waals surface area contributed by atoms with Crippen molar-refractivity contribution in [3.8, 4) is 0 Å². The number of nitrogens with zero attached hydrogens (tertiary/aromatic N) is 1. The van der Waals surface area contributed by atoms with Crippen LogP contribution in [0.4, 0.5) is 18.9 Å². The molecule has 142 valence electrons. The zero-order valence-corrected chi connectivity index (χ0v) is 15.7. The van der Waals surface area contributed by atoms with Gasteiger partial charge in [0.25, 0.3) is 0 Å². The van der Waals surface area contributed by atoms with E-state index in [1.54, 1.807) is 11.0 Å². The van der Waals surface area contributed by atoms with Crippen LogP contribution < -0.4 is 10.2 Å². The normalized spacial score (nSPS) is 17.3. The first-order valence-electron chi connectivity index (χ1n) is 8.24. The van der Waals surface area contributed by atoms with Gasteiger partial charge in [-0.15, -0.1) is 0 Å². The molecular formula is C19H16BrF3N2O2. The third-order valence-corrected chi connectivity index (χ3v) is 5.06. The maximum absolute atomic E-state index is 12.6. The summed E-state index contributed by atoms with van der Waals surface area (Å²) >= 11 is 3.40. The van der Waals surface area contributed by atoms with E-state index < -0.39 is 17.7 Å². The Kier molecular flexibility index (Phi) is 5.55. The highest BCUT2D eigenvalue weighted by Crippen LogP contribution is 2.31. The van der Waals surface area contributed by atoms with Gasteiger partial charge in [0.15, 0.2) is 0 Å². The predicted octanol–water partition coefficient (Wildman–Crippen LogP) is 4.14. The van der Waals surface area contributed by atoms with E-state index in [0.29, 0.717) is 11.3 Å². The third kappa shape index (κ3) is 4.50. The number of rotatable bonds is 4. The Bertz CT molecular complexity index is 853. The van der Waals surface area contributed by atoms with E-state index in [2.05, 4.69) is 21.2 Å². The summed E-state index contributed by atoms with van der Waals surface area (Å²) in [4.78, 5) is 26.2. The van der Waals surface area contributed by atoms with Crippen molar-refractivity contribution in [3.05, 3.63) is 64.1 Å². The summed E-state index contributed by atoms with van der Waals surface area (Å²) in [6.07, 6.45) is -4.29. The number of hydrogen-bond donors (Lipinski definition) is 1. The summed E-state index contributed by atoms with van der Waals surface area (Å²) in [5.74, 6) is -0.937. The number of carbonyl (C=O) groups is 2. The number of amides is 2. The lowest BCUT2D eigenvalue weighted by molar-refractivity contribution is -0.137. The molecule has 2 aromatic rings. The van der Waals surface area contributed by atoms with E-state index in [-0.39, 0.29) is 31.3 Å². The summed E-state index contributed by atoms with van der Waals surface area (Å²) in [7, 11) is 0. The lowest BCUT2D eigenvalue weighted by Gasteiger charge is -2.18. The Hall–Kier alpha value is -2.35. The number of nitrogens with one attached hydrogen (secondary N) is 1. The average molecular weight is 441 g/mol. The summed E-state index contributed by atoms with van der Waals surface area (Å²) in [5.41, 5.74) is 0.534. The summed E-state index contributed by atoms with van der Waals surface area (Å²) in [6, 6.07) is 11.9. The quantitative estimate of drug-likeness (QED) is 0.776. The molecule has 0 aromatic heterocycles. The van der Waals surface area contributed by atoms with Crippen LogP contribution in [0.5, 0.6) is 0 Å². The highest BCUT2D eigenvalue weighted by atomic mass is 79.9. The fourth-order valence-electron chi connectivity index (χ4n) is 2.93. The van der Waals surface area contributed by atoms with E-state index in [1.165, 1.54) is 12.1 Å². The molecule has 1 aliphatic heterocycles. The van der Waals surface area contributed by atoms with Gasteiger partial charge < -0.3 is 10.2 Å². The average Bonchev–Trinajstić information content (AvgIpc) is 3.01. The largest absolute Gasteiger partial charge is 0.416 e. The second-order valence-corrected chi connectivity index (χ2v) is 7.12. The van der Waals surface area contributed by atoms with E-state index in [9.17, 15) is 22.8 Å². The Balaban J connectivity index is 1.59. The zero-order valence-electron chi connectivity index (χ0n) is 14.1. The van der Waals surface area contributed by atoms with Gasteiger partial charge >= 0.3 is 6.18 Å². The lowest BCUT2D eigenvalue weighted by atomic mass is 10.1. The fraction of sp³-hybridized carbons (Fsp3) is 0.263. The predicted molar refractivity (Wildman–Crippen MR) is 97.9 cm³/mol. The molecule has 1 saturated heterocycles. The maximum Gasteiger partial charge on any atom is 0.416 e. The van der Waals surface area contributed by atoms with Crippen LogP contribution in [-0.2, 0) is 22.3 Å². The molecule has 27 heavy (non-hydrogen) atoms. The molecule has 1 unspecified atom stereocenters. The Morgan fingerprint density at radius 1 is 1.15 bits per heavy atom. The molecule has 1 N–H and O–H groups in total. The van der Waals surface area contributed by atoms with Gasteiger partial charge in [-0.05, 0) is 45.8 Å². The van der Waals surface area contributed by atoms with Crippen LogP contribution in [-0.4, -0.2) is 18.4 Å². The Labute approximate surface area is 162 Å². The highest BCUT2D eigenvalue weighted by Gasteiger charge is 2.35. The third-order valence-electron chi connectivity index (χ3n) is 4.39. The van der Waals surface area contributed by atoms with Crippen molar-refractivity contribution in [1.82, 2.24) is 5.32 Å². The molecule has 0 bridgehead atoms. The van der Waals surface area contributed by atoms with Gasteiger partial charge in [-0.25, -0.2) is 0 Å². The topological polar surface area (TPSA) is 49.4 Å². The molecule has 3 rings (SSSR count). The summed E-state index contributed by atoms with van der Waals surface area (Å²) < 4.78 is 38.5. The number of alkyl halides is 3. The van der Waals surface area contributed by atoms with Crippen LogP contribution in [0.2, 0.25) is 0 Å². The van der Waals surface area contributed by atoms with Crippen molar-refractivity contribution < 1.29 is 22.8 Å². The molecule has 0 aliphatic carbocycles.